The number of ether oxygens (including phenoxy) is 2. The van der Waals surface area contributed by atoms with E-state index in [-0.39, 0.29) is 12.5 Å². The van der Waals surface area contributed by atoms with Crippen LogP contribution in [0.5, 0.6) is 5.75 Å². The quantitative estimate of drug-likeness (QED) is 0.613. The number of hydrogen-bond acceptors (Lipinski definition) is 7. The molecule has 0 radical (unpaired) electrons. The molecule has 0 fully saturated rings. The van der Waals surface area contributed by atoms with E-state index in [1.54, 1.807) is 48.8 Å². The fourth-order valence-corrected chi connectivity index (χ4v) is 2.96. The third-order valence-corrected chi connectivity index (χ3v) is 4.40. The van der Waals surface area contributed by atoms with Gasteiger partial charge >= 0.3 is 5.97 Å². The van der Waals surface area contributed by atoms with E-state index >= 15 is 0 Å². The van der Waals surface area contributed by atoms with Crippen molar-refractivity contribution < 1.29 is 19.1 Å². The highest BCUT2D eigenvalue weighted by Gasteiger charge is 2.10. The number of carbonyl (C=O) groups is 2. The number of nitrogens with zero attached hydrogens (tertiary/aromatic N) is 2. The molecule has 8 heteroatoms. The molecule has 1 N–H and O–H groups in total. The van der Waals surface area contributed by atoms with Crippen LogP contribution in [0.4, 0.5) is 5.69 Å². The van der Waals surface area contributed by atoms with E-state index in [0.717, 1.165) is 5.03 Å². The van der Waals surface area contributed by atoms with Gasteiger partial charge in [-0.25, -0.2) is 14.8 Å². The minimum absolute atomic E-state index is 0.222. The van der Waals surface area contributed by atoms with Crippen LogP contribution in [0.1, 0.15) is 10.4 Å². The van der Waals surface area contributed by atoms with E-state index in [1.807, 2.05) is 18.2 Å². The Kier molecular flexibility index (Phi) is 6.59. The summed E-state index contributed by atoms with van der Waals surface area (Å²) in [6.07, 6.45) is 3.33. The van der Waals surface area contributed by atoms with Gasteiger partial charge in [0.15, 0.2) is 6.61 Å². The van der Waals surface area contributed by atoms with Crippen LogP contribution in [-0.4, -0.2) is 35.6 Å². The Balaban J connectivity index is 1.66. The highest BCUT2D eigenvalue weighted by Crippen LogP contribution is 2.25. The Morgan fingerprint density at radius 3 is 2.64 bits per heavy atom. The standard InChI is InChI=1S/C20H17N3O4S/c1-26-19(24)13-27-16-6-4-5-14(11-16)20(25)23-15-8-10-22-18(12-15)28-17-7-2-3-9-21-17/h2-12H,13H2,1H3,(H,22,23,25). The number of methoxy groups -OCH3 is 1. The SMILES string of the molecule is COC(=O)COc1cccc(C(=O)Nc2ccnc(Sc3ccccn3)c2)c1. The van der Waals surface area contributed by atoms with Crippen molar-refractivity contribution >= 4 is 29.3 Å². The lowest BCUT2D eigenvalue weighted by Crippen LogP contribution is -2.14. The fraction of sp³-hybridized carbons (Fsp3) is 0.100. The zero-order valence-corrected chi connectivity index (χ0v) is 15.8. The van der Waals surface area contributed by atoms with Crippen molar-refractivity contribution in [3.05, 3.63) is 72.6 Å². The molecule has 0 saturated heterocycles. The molecule has 1 aromatic carbocycles. The van der Waals surface area contributed by atoms with Gasteiger partial charge in [0.1, 0.15) is 15.8 Å². The predicted octanol–water partition coefficient (Wildman–Crippen LogP) is 3.43. The van der Waals surface area contributed by atoms with Crippen LogP contribution in [0, 0.1) is 0 Å². The summed E-state index contributed by atoms with van der Waals surface area (Å²) in [5.74, 6) is -0.396. The molecule has 0 unspecified atom stereocenters. The summed E-state index contributed by atoms with van der Waals surface area (Å²) in [7, 11) is 1.28. The molecular formula is C20H17N3O4S. The van der Waals surface area contributed by atoms with Gasteiger partial charge in [-0.2, -0.15) is 0 Å². The normalized spacial score (nSPS) is 10.2. The molecule has 0 aliphatic rings. The van der Waals surface area contributed by atoms with Crippen LogP contribution in [0.15, 0.2) is 77.0 Å². The van der Waals surface area contributed by atoms with Crippen molar-refractivity contribution in [3.8, 4) is 5.75 Å². The molecule has 0 spiro atoms. The van der Waals surface area contributed by atoms with Crippen molar-refractivity contribution in [2.75, 3.05) is 19.0 Å². The average Bonchev–Trinajstić information content (AvgIpc) is 2.73. The number of aromatic nitrogens is 2. The number of anilines is 1. The van der Waals surface area contributed by atoms with E-state index in [0.29, 0.717) is 22.0 Å². The summed E-state index contributed by atoms with van der Waals surface area (Å²) in [6.45, 7) is -0.222. The van der Waals surface area contributed by atoms with E-state index in [1.165, 1.54) is 18.9 Å². The first-order valence-corrected chi connectivity index (χ1v) is 9.11. The third kappa shape index (κ3) is 5.55. The van der Waals surface area contributed by atoms with Gasteiger partial charge in [0.25, 0.3) is 5.91 Å². The Labute approximate surface area is 166 Å². The highest BCUT2D eigenvalue weighted by atomic mass is 32.2. The number of pyridine rings is 2. The molecule has 0 saturated carbocycles. The summed E-state index contributed by atoms with van der Waals surface area (Å²) in [5.41, 5.74) is 1.01. The first-order valence-electron chi connectivity index (χ1n) is 8.30. The smallest absolute Gasteiger partial charge is 0.343 e. The Morgan fingerprint density at radius 1 is 1.00 bits per heavy atom. The second kappa shape index (κ2) is 9.52. The number of nitrogens with one attached hydrogen (secondary N) is 1. The topological polar surface area (TPSA) is 90.4 Å². The number of amides is 1. The highest BCUT2D eigenvalue weighted by molar-refractivity contribution is 7.99. The van der Waals surface area contributed by atoms with Crippen LogP contribution in [0.25, 0.3) is 0 Å². The maximum Gasteiger partial charge on any atom is 0.343 e. The lowest BCUT2D eigenvalue weighted by atomic mass is 10.2. The molecule has 7 nitrogen and oxygen atoms in total. The second-order valence-corrected chi connectivity index (χ2v) is 6.54. The first kappa shape index (κ1) is 19.4. The minimum Gasteiger partial charge on any atom is -0.482 e. The maximum absolute atomic E-state index is 12.5. The van der Waals surface area contributed by atoms with Crippen LogP contribution in [-0.2, 0) is 9.53 Å². The van der Waals surface area contributed by atoms with Crippen LogP contribution < -0.4 is 10.1 Å². The number of hydrogen-bond donors (Lipinski definition) is 1. The lowest BCUT2D eigenvalue weighted by molar-refractivity contribution is -0.142. The minimum atomic E-state index is -0.496. The van der Waals surface area contributed by atoms with Crippen molar-refractivity contribution in [1.82, 2.24) is 9.97 Å². The Hall–Kier alpha value is -3.39. The van der Waals surface area contributed by atoms with E-state index < -0.39 is 5.97 Å². The third-order valence-electron chi connectivity index (χ3n) is 3.52. The number of benzene rings is 1. The Morgan fingerprint density at radius 2 is 1.86 bits per heavy atom. The number of carbonyl (C=O) groups excluding carboxylic acids is 2. The van der Waals surface area contributed by atoms with Gasteiger partial charge in [-0.1, -0.05) is 23.9 Å². The van der Waals surface area contributed by atoms with Gasteiger partial charge in [-0.05, 0) is 42.5 Å². The predicted molar refractivity (Wildman–Crippen MR) is 105 cm³/mol. The molecule has 2 heterocycles. The van der Waals surface area contributed by atoms with Gasteiger partial charge < -0.3 is 14.8 Å². The van der Waals surface area contributed by atoms with Crippen molar-refractivity contribution in [1.29, 1.82) is 0 Å². The molecule has 0 atom stereocenters. The van der Waals surface area contributed by atoms with Crippen molar-refractivity contribution in [3.63, 3.8) is 0 Å². The van der Waals surface area contributed by atoms with E-state index in [2.05, 4.69) is 20.0 Å². The summed E-state index contributed by atoms with van der Waals surface area (Å²) in [4.78, 5) is 32.2. The monoisotopic (exact) mass is 395 g/mol. The van der Waals surface area contributed by atoms with E-state index in [9.17, 15) is 9.59 Å². The summed E-state index contributed by atoms with van der Waals surface area (Å²) < 4.78 is 9.84. The molecule has 28 heavy (non-hydrogen) atoms. The molecule has 0 aliphatic heterocycles. The number of rotatable bonds is 7. The lowest BCUT2D eigenvalue weighted by Gasteiger charge is -2.09. The number of esters is 1. The molecular weight excluding hydrogens is 378 g/mol. The summed E-state index contributed by atoms with van der Waals surface area (Å²) >= 11 is 1.40. The van der Waals surface area contributed by atoms with Gasteiger partial charge in [0, 0.05) is 23.6 Å². The maximum atomic E-state index is 12.5. The summed E-state index contributed by atoms with van der Waals surface area (Å²) in [6, 6.07) is 15.7. The van der Waals surface area contributed by atoms with E-state index in [4.69, 9.17) is 4.74 Å². The average molecular weight is 395 g/mol. The van der Waals surface area contributed by atoms with Gasteiger partial charge in [0.2, 0.25) is 0 Å². The van der Waals surface area contributed by atoms with Gasteiger partial charge in [-0.3, -0.25) is 4.79 Å². The molecule has 0 aliphatic carbocycles. The summed E-state index contributed by atoms with van der Waals surface area (Å²) in [5, 5.41) is 4.36. The molecule has 2 aromatic heterocycles. The zero-order valence-electron chi connectivity index (χ0n) is 15.0. The van der Waals surface area contributed by atoms with Gasteiger partial charge in [-0.15, -0.1) is 0 Å². The van der Waals surface area contributed by atoms with Crippen LogP contribution in [0.3, 0.4) is 0 Å². The van der Waals surface area contributed by atoms with Crippen LogP contribution >= 0.6 is 11.8 Å². The largest absolute Gasteiger partial charge is 0.482 e. The molecule has 3 aromatic rings. The fourth-order valence-electron chi connectivity index (χ4n) is 2.19. The molecule has 142 valence electrons. The zero-order chi connectivity index (χ0) is 19.8. The Bertz CT molecular complexity index is 966. The molecule has 1 amide bonds. The van der Waals surface area contributed by atoms with Crippen molar-refractivity contribution in [2.24, 2.45) is 0 Å². The molecule has 0 bridgehead atoms. The second-order valence-electron chi connectivity index (χ2n) is 5.50. The van der Waals surface area contributed by atoms with Crippen molar-refractivity contribution in [2.45, 2.75) is 10.1 Å². The van der Waals surface area contributed by atoms with Crippen LogP contribution in [0.2, 0.25) is 0 Å². The molecule has 3 rings (SSSR count). The first-order chi connectivity index (χ1) is 13.6. The van der Waals surface area contributed by atoms with Gasteiger partial charge in [0.05, 0.1) is 7.11 Å².